The topological polar surface area (TPSA) is 102 Å². The van der Waals surface area contributed by atoms with Crippen molar-refractivity contribution in [2.24, 2.45) is 0 Å². The Balaban J connectivity index is 1.48. The standard InChI is InChI=1S/C27H21N3O5/c1-35-25-4-2-3-23(17-25)27(32)19-29-15-11-21(12-16-29)20-9-13-28(14-10-20)18-26(31)22-5-7-24(8-6-22)30(33)34/h2-19H,1H3/b27-19+. The molecule has 174 valence electrons. The second-order valence-electron chi connectivity index (χ2n) is 7.59. The largest absolute Gasteiger partial charge is 0.871 e. The third-order valence-corrected chi connectivity index (χ3v) is 5.29. The zero-order valence-corrected chi connectivity index (χ0v) is 18.8. The van der Waals surface area contributed by atoms with Crippen LogP contribution in [0.3, 0.4) is 0 Å². The van der Waals surface area contributed by atoms with Gasteiger partial charge in [0.15, 0.2) is 12.4 Å². The molecule has 8 heteroatoms. The first-order valence-electron chi connectivity index (χ1n) is 10.6. The lowest BCUT2D eigenvalue weighted by Crippen LogP contribution is -2.22. The van der Waals surface area contributed by atoms with E-state index >= 15 is 0 Å². The molecule has 0 bridgehead atoms. The number of allylic oxidation sites excluding steroid dienone is 2. The van der Waals surface area contributed by atoms with E-state index in [-0.39, 0.29) is 17.2 Å². The number of non-ortho nitro benzene ring substituents is 1. The van der Waals surface area contributed by atoms with Gasteiger partial charge in [0, 0.05) is 48.4 Å². The van der Waals surface area contributed by atoms with Gasteiger partial charge in [-0.1, -0.05) is 17.9 Å². The Hall–Kier alpha value is -4.98. The number of carbonyl (C=O) groups excluding carboxylic acids is 1. The maximum Gasteiger partial charge on any atom is 0.269 e. The summed E-state index contributed by atoms with van der Waals surface area (Å²) in [6.45, 7) is 0. The number of Topliss-reactive ketones (excluding diaryl/α,β-unsaturated/α-hetero) is 1. The molecule has 0 radical (unpaired) electrons. The van der Waals surface area contributed by atoms with Gasteiger partial charge in [0.25, 0.3) is 5.69 Å². The lowest BCUT2D eigenvalue weighted by molar-refractivity contribution is -0.505. The van der Waals surface area contributed by atoms with Gasteiger partial charge in [-0.2, -0.15) is 4.24 Å². The van der Waals surface area contributed by atoms with Crippen molar-refractivity contribution in [2.45, 2.75) is 0 Å². The number of nitrogens with zero attached hydrogens (tertiary/aromatic N) is 3. The number of ether oxygens (including phenoxy) is 1. The molecule has 0 fully saturated rings. The van der Waals surface area contributed by atoms with E-state index in [1.807, 2.05) is 24.3 Å². The van der Waals surface area contributed by atoms with Gasteiger partial charge in [-0.05, 0) is 52.8 Å². The summed E-state index contributed by atoms with van der Waals surface area (Å²) in [5, 5.41) is 24.2. The van der Waals surface area contributed by atoms with E-state index in [1.54, 1.807) is 65.3 Å². The maximum absolute atomic E-state index is 12.5. The van der Waals surface area contributed by atoms with Crippen LogP contribution in [0.2, 0.25) is 0 Å². The number of pyridine rings is 1. The summed E-state index contributed by atoms with van der Waals surface area (Å²) in [5.74, 6) is 0.211. The Morgan fingerprint density at radius 2 is 1.69 bits per heavy atom. The lowest BCUT2D eigenvalue weighted by atomic mass is 10.1. The average Bonchev–Trinajstić information content (AvgIpc) is 2.89. The van der Waals surface area contributed by atoms with Crippen LogP contribution in [0.4, 0.5) is 5.69 Å². The molecule has 2 heterocycles. The first kappa shape index (κ1) is 23.2. The maximum atomic E-state index is 12.5. The predicted molar refractivity (Wildman–Crippen MR) is 128 cm³/mol. The molecule has 0 spiro atoms. The molecule has 1 aliphatic rings. The monoisotopic (exact) mass is 467 g/mol. The van der Waals surface area contributed by atoms with Crippen molar-refractivity contribution < 1.29 is 23.8 Å². The molecule has 0 saturated carbocycles. The first-order chi connectivity index (χ1) is 16.9. The second-order valence-corrected chi connectivity index (χ2v) is 7.59. The normalized spacial score (nSPS) is 13.0. The molecule has 0 unspecified atom stereocenters. The number of ketones is 1. The van der Waals surface area contributed by atoms with Crippen molar-refractivity contribution in [3.8, 4) is 5.75 Å². The fourth-order valence-corrected chi connectivity index (χ4v) is 3.38. The molecule has 0 atom stereocenters. The van der Waals surface area contributed by atoms with Crippen LogP contribution in [0.5, 0.6) is 5.75 Å². The zero-order valence-electron chi connectivity index (χ0n) is 18.8. The summed E-state index contributed by atoms with van der Waals surface area (Å²) in [6, 6.07) is 16.2. The first-order valence-corrected chi connectivity index (χ1v) is 10.6. The molecule has 8 nitrogen and oxygen atoms in total. The minimum atomic E-state index is -0.507. The van der Waals surface area contributed by atoms with Crippen molar-refractivity contribution in [1.29, 1.82) is 0 Å². The Morgan fingerprint density at radius 1 is 1.00 bits per heavy atom. The highest BCUT2D eigenvalue weighted by atomic mass is 16.6. The van der Waals surface area contributed by atoms with Crippen LogP contribution in [0.25, 0.3) is 11.3 Å². The van der Waals surface area contributed by atoms with Gasteiger partial charge in [-0.15, -0.1) is 0 Å². The number of rotatable bonds is 6. The smallest absolute Gasteiger partial charge is 0.269 e. The number of carbonyl (C=O) groups is 1. The molecule has 1 aromatic heterocycles. The summed E-state index contributed by atoms with van der Waals surface area (Å²) < 4.78 is 6.79. The average molecular weight is 467 g/mol. The van der Waals surface area contributed by atoms with Crippen LogP contribution < -0.4 is 19.3 Å². The number of benzene rings is 2. The minimum Gasteiger partial charge on any atom is -0.871 e. The summed E-state index contributed by atoms with van der Waals surface area (Å²) >= 11 is 0. The Kier molecular flexibility index (Phi) is 6.83. The lowest BCUT2D eigenvalue weighted by Gasteiger charge is -2.20. The van der Waals surface area contributed by atoms with Crippen molar-refractivity contribution in [3.05, 3.63) is 136 Å². The van der Waals surface area contributed by atoms with Gasteiger partial charge in [-0.3, -0.25) is 14.9 Å². The summed E-state index contributed by atoms with van der Waals surface area (Å²) in [6.07, 6.45) is 13.8. The van der Waals surface area contributed by atoms with Gasteiger partial charge >= 0.3 is 0 Å². The molecule has 3 aromatic rings. The van der Waals surface area contributed by atoms with Crippen molar-refractivity contribution in [2.75, 3.05) is 7.11 Å². The number of aromatic nitrogens is 1. The van der Waals surface area contributed by atoms with E-state index in [0.29, 0.717) is 16.9 Å². The van der Waals surface area contributed by atoms with Crippen LogP contribution in [0.15, 0.2) is 104 Å². The molecule has 35 heavy (non-hydrogen) atoms. The van der Waals surface area contributed by atoms with Gasteiger partial charge in [0.2, 0.25) is 12.0 Å². The third-order valence-electron chi connectivity index (χ3n) is 5.29. The summed E-state index contributed by atoms with van der Waals surface area (Å²) in [4.78, 5) is 24.4. The van der Waals surface area contributed by atoms with Crippen molar-refractivity contribution in [1.82, 2.24) is 4.90 Å². The highest BCUT2D eigenvalue weighted by Gasteiger charge is 2.10. The Labute approximate surface area is 201 Å². The molecule has 0 N–H and O–H groups in total. The van der Waals surface area contributed by atoms with E-state index in [9.17, 15) is 20.0 Å². The molecule has 4 rings (SSSR count). The summed E-state index contributed by atoms with van der Waals surface area (Å²) in [7, 11) is 1.56. The van der Waals surface area contributed by atoms with Gasteiger partial charge in [-0.25, -0.2) is 0 Å². The number of hydrogen-bond acceptors (Lipinski definition) is 6. The van der Waals surface area contributed by atoms with Crippen LogP contribution >= 0.6 is 0 Å². The van der Waals surface area contributed by atoms with Crippen LogP contribution in [-0.4, -0.2) is 22.7 Å². The highest BCUT2D eigenvalue weighted by Crippen LogP contribution is 2.18. The Bertz CT molecular complexity index is 1450. The number of methoxy groups -OCH3 is 1. The predicted octanol–water partition coefficient (Wildman–Crippen LogP) is 2.64. The van der Waals surface area contributed by atoms with Gasteiger partial charge in [0.1, 0.15) is 5.75 Å². The molecule has 1 aliphatic heterocycles. The van der Waals surface area contributed by atoms with Crippen LogP contribution in [0.1, 0.15) is 15.9 Å². The zero-order chi connectivity index (χ0) is 24.8. The molecular weight excluding hydrogens is 446 g/mol. The van der Waals surface area contributed by atoms with Crippen molar-refractivity contribution >= 4 is 22.8 Å². The van der Waals surface area contributed by atoms with E-state index in [0.717, 1.165) is 10.8 Å². The molecule has 0 aliphatic carbocycles. The number of hydrogen-bond donors (Lipinski definition) is 0. The number of nitro groups is 1. The summed E-state index contributed by atoms with van der Waals surface area (Å²) in [5.41, 5.74) is 1.77. The molecular formula is C27H21N3O5. The van der Waals surface area contributed by atoms with E-state index < -0.39 is 4.92 Å². The fraction of sp³-hybridized carbons (Fsp3) is 0.0370. The minimum absolute atomic E-state index is 0.0648. The molecule has 2 aromatic carbocycles. The van der Waals surface area contributed by atoms with E-state index in [1.165, 1.54) is 36.7 Å². The second kappa shape index (κ2) is 10.3. The van der Waals surface area contributed by atoms with E-state index in [4.69, 9.17) is 4.74 Å². The van der Waals surface area contributed by atoms with Crippen molar-refractivity contribution in [3.63, 3.8) is 0 Å². The number of nitro benzene ring substituents is 1. The molecule has 0 amide bonds. The fourth-order valence-electron chi connectivity index (χ4n) is 3.38. The van der Waals surface area contributed by atoms with Gasteiger partial charge < -0.3 is 14.7 Å². The quantitative estimate of drug-likeness (QED) is 0.182. The van der Waals surface area contributed by atoms with Gasteiger partial charge in [0.05, 0.1) is 12.0 Å². The van der Waals surface area contributed by atoms with Crippen LogP contribution in [-0.2, 0) is 0 Å². The SMILES string of the molecule is COc1cccc(/C([O-])=C\N2C=CC(=c3cc[n+](=CC(=O)c4ccc([N+](=O)[O-])cc4)cc3)C=C2)c1. The van der Waals surface area contributed by atoms with E-state index in [2.05, 4.69) is 0 Å². The third kappa shape index (κ3) is 5.69. The highest BCUT2D eigenvalue weighted by molar-refractivity contribution is 6.00. The Morgan fingerprint density at radius 3 is 2.31 bits per heavy atom. The molecule has 0 saturated heterocycles. The van der Waals surface area contributed by atoms with Crippen LogP contribution in [0, 0.1) is 16.3 Å².